The molecule has 1 aromatic rings. The summed E-state index contributed by atoms with van der Waals surface area (Å²) in [5.41, 5.74) is 0.157. The summed E-state index contributed by atoms with van der Waals surface area (Å²) in [5, 5.41) is 10.9. The minimum absolute atomic E-state index is 0.00733. The van der Waals surface area contributed by atoms with E-state index in [1.807, 2.05) is 13.8 Å². The zero-order valence-corrected chi connectivity index (χ0v) is 16.0. The van der Waals surface area contributed by atoms with Crippen LogP contribution < -0.4 is 0 Å². The van der Waals surface area contributed by atoms with Crippen LogP contribution in [0.5, 0.6) is 0 Å². The van der Waals surface area contributed by atoms with Gasteiger partial charge in [-0.25, -0.2) is 4.79 Å². The number of benzene rings is 1. The number of amides is 1. The van der Waals surface area contributed by atoms with Gasteiger partial charge in [0.1, 0.15) is 5.02 Å². The molecule has 0 unspecified atom stereocenters. The monoisotopic (exact) mass is 396 g/mol. The summed E-state index contributed by atoms with van der Waals surface area (Å²) < 4.78 is 10.7. The van der Waals surface area contributed by atoms with Crippen LogP contribution in [0.25, 0.3) is 6.08 Å². The van der Waals surface area contributed by atoms with Crippen molar-refractivity contribution in [2.75, 3.05) is 13.1 Å². The topological polar surface area (TPSA) is 99.0 Å². The number of ether oxygens (including phenoxy) is 2. The predicted octanol–water partition coefficient (Wildman–Crippen LogP) is 2.83. The molecule has 0 aliphatic carbocycles. The van der Waals surface area contributed by atoms with Gasteiger partial charge in [-0.15, -0.1) is 0 Å². The van der Waals surface area contributed by atoms with Gasteiger partial charge in [0.2, 0.25) is 0 Å². The number of carbonyl (C=O) groups is 2. The van der Waals surface area contributed by atoms with Crippen molar-refractivity contribution >= 4 is 35.2 Å². The maximum Gasteiger partial charge on any atom is 0.331 e. The summed E-state index contributed by atoms with van der Waals surface area (Å²) in [5.74, 6) is -1.01. The van der Waals surface area contributed by atoms with Gasteiger partial charge < -0.3 is 14.4 Å². The Morgan fingerprint density at radius 2 is 2.00 bits per heavy atom. The van der Waals surface area contributed by atoms with Gasteiger partial charge in [0.15, 0.2) is 6.10 Å². The van der Waals surface area contributed by atoms with E-state index in [-0.39, 0.29) is 28.8 Å². The normalized spacial score (nSPS) is 21.1. The van der Waals surface area contributed by atoms with Gasteiger partial charge in [-0.1, -0.05) is 17.7 Å². The zero-order chi connectivity index (χ0) is 20.1. The highest BCUT2D eigenvalue weighted by Crippen LogP contribution is 2.25. The molecule has 9 heteroatoms. The molecule has 146 valence electrons. The van der Waals surface area contributed by atoms with E-state index in [1.54, 1.807) is 4.90 Å². The summed E-state index contributed by atoms with van der Waals surface area (Å²) in [7, 11) is 0. The Balaban J connectivity index is 1.96. The predicted molar refractivity (Wildman–Crippen MR) is 99.3 cm³/mol. The molecular formula is C18H21ClN2O6. The Labute approximate surface area is 161 Å². The number of rotatable bonds is 5. The molecule has 2 rings (SSSR count). The van der Waals surface area contributed by atoms with Crippen molar-refractivity contribution in [1.82, 2.24) is 4.90 Å². The number of halogens is 1. The van der Waals surface area contributed by atoms with E-state index in [2.05, 4.69) is 0 Å². The molecule has 0 saturated carbocycles. The Bertz CT molecular complexity index is 756. The van der Waals surface area contributed by atoms with Gasteiger partial charge in [-0.3, -0.25) is 14.9 Å². The van der Waals surface area contributed by atoms with E-state index in [4.69, 9.17) is 21.1 Å². The average molecular weight is 397 g/mol. The van der Waals surface area contributed by atoms with Crippen LogP contribution >= 0.6 is 11.6 Å². The summed E-state index contributed by atoms with van der Waals surface area (Å²) in [4.78, 5) is 36.3. The lowest BCUT2D eigenvalue weighted by Crippen LogP contribution is -2.51. The first-order valence-electron chi connectivity index (χ1n) is 8.44. The maximum absolute atomic E-state index is 12.4. The van der Waals surface area contributed by atoms with Crippen LogP contribution in [0.2, 0.25) is 5.02 Å². The van der Waals surface area contributed by atoms with E-state index in [1.165, 1.54) is 31.2 Å². The molecule has 0 aromatic heterocycles. The van der Waals surface area contributed by atoms with Crippen molar-refractivity contribution in [1.29, 1.82) is 0 Å². The SMILES string of the molecule is C[C@@H]1CN(C(=O)[C@H](C)OC(=O)/C=C\c2ccc(Cl)c([N+](=O)[O-])c2)C[C@H](C)O1. The minimum atomic E-state index is -0.945. The number of nitrogens with zero attached hydrogens (tertiary/aromatic N) is 2. The van der Waals surface area contributed by atoms with Crippen molar-refractivity contribution in [3.8, 4) is 0 Å². The first-order chi connectivity index (χ1) is 12.7. The highest BCUT2D eigenvalue weighted by molar-refractivity contribution is 6.32. The third-order valence-corrected chi connectivity index (χ3v) is 4.27. The van der Waals surface area contributed by atoms with Crippen molar-refractivity contribution in [2.45, 2.75) is 39.1 Å². The van der Waals surface area contributed by atoms with Crippen LogP contribution in [0.1, 0.15) is 26.3 Å². The number of esters is 1. The van der Waals surface area contributed by atoms with Gasteiger partial charge in [0.25, 0.3) is 11.6 Å². The van der Waals surface area contributed by atoms with Gasteiger partial charge in [0.05, 0.1) is 17.1 Å². The number of morpholine rings is 1. The molecule has 0 bridgehead atoms. The quantitative estimate of drug-likeness (QED) is 0.328. The molecular weight excluding hydrogens is 376 g/mol. The smallest absolute Gasteiger partial charge is 0.331 e. The molecule has 0 spiro atoms. The molecule has 1 fully saturated rings. The lowest BCUT2D eigenvalue weighted by Gasteiger charge is -2.36. The number of nitro benzene ring substituents is 1. The second kappa shape index (κ2) is 8.96. The molecule has 3 atom stereocenters. The first kappa shape index (κ1) is 20.9. The van der Waals surface area contributed by atoms with Crippen LogP contribution in [0.4, 0.5) is 5.69 Å². The van der Waals surface area contributed by atoms with E-state index in [0.717, 1.165) is 6.08 Å². The van der Waals surface area contributed by atoms with Crippen molar-refractivity contribution in [3.05, 3.63) is 45.0 Å². The Kier molecular flexibility index (Phi) is 6.92. The third-order valence-electron chi connectivity index (χ3n) is 3.95. The molecule has 1 aliphatic heterocycles. The van der Waals surface area contributed by atoms with E-state index >= 15 is 0 Å². The number of hydrogen-bond acceptors (Lipinski definition) is 6. The Morgan fingerprint density at radius 1 is 1.37 bits per heavy atom. The van der Waals surface area contributed by atoms with Crippen molar-refractivity contribution in [3.63, 3.8) is 0 Å². The summed E-state index contributed by atoms with van der Waals surface area (Å²) in [6, 6.07) is 4.15. The zero-order valence-electron chi connectivity index (χ0n) is 15.3. The third kappa shape index (κ3) is 5.77. The van der Waals surface area contributed by atoms with Gasteiger partial charge >= 0.3 is 5.97 Å². The molecule has 0 radical (unpaired) electrons. The number of carbonyl (C=O) groups excluding carboxylic acids is 2. The second-order valence-electron chi connectivity index (χ2n) is 6.38. The Hall–Kier alpha value is -2.45. The van der Waals surface area contributed by atoms with Crippen LogP contribution in [-0.4, -0.2) is 53.1 Å². The summed E-state index contributed by atoms with van der Waals surface area (Å²) in [6.07, 6.45) is 1.37. The summed E-state index contributed by atoms with van der Waals surface area (Å²) >= 11 is 5.74. The number of hydrogen-bond donors (Lipinski definition) is 0. The van der Waals surface area contributed by atoms with Crippen LogP contribution in [0.3, 0.4) is 0 Å². The van der Waals surface area contributed by atoms with Crippen molar-refractivity contribution in [2.24, 2.45) is 0 Å². The first-order valence-corrected chi connectivity index (χ1v) is 8.82. The van der Waals surface area contributed by atoms with Crippen LogP contribution in [0.15, 0.2) is 24.3 Å². The highest BCUT2D eigenvalue weighted by Gasteiger charge is 2.30. The molecule has 27 heavy (non-hydrogen) atoms. The number of nitro groups is 1. The fraction of sp³-hybridized carbons (Fsp3) is 0.444. The van der Waals surface area contributed by atoms with Gasteiger partial charge in [0, 0.05) is 25.2 Å². The average Bonchev–Trinajstić information content (AvgIpc) is 2.59. The summed E-state index contributed by atoms with van der Waals surface area (Å²) in [6.45, 7) is 6.14. The highest BCUT2D eigenvalue weighted by atomic mass is 35.5. The molecule has 0 N–H and O–H groups in total. The van der Waals surface area contributed by atoms with E-state index in [9.17, 15) is 19.7 Å². The van der Waals surface area contributed by atoms with Gasteiger partial charge in [-0.05, 0) is 38.5 Å². The second-order valence-corrected chi connectivity index (χ2v) is 6.79. The lowest BCUT2D eigenvalue weighted by atomic mass is 10.2. The maximum atomic E-state index is 12.4. The van der Waals surface area contributed by atoms with E-state index < -0.39 is 17.0 Å². The van der Waals surface area contributed by atoms with E-state index in [0.29, 0.717) is 18.7 Å². The molecule has 1 heterocycles. The molecule has 1 saturated heterocycles. The molecule has 1 aliphatic rings. The van der Waals surface area contributed by atoms with Gasteiger partial charge in [-0.2, -0.15) is 0 Å². The fourth-order valence-electron chi connectivity index (χ4n) is 2.82. The standard InChI is InChI=1S/C18H21ClN2O6/c1-11-9-20(10-12(2)26-11)18(23)13(3)27-17(22)7-5-14-4-6-15(19)16(8-14)21(24)25/h4-8,11-13H,9-10H2,1-3H3/b7-5-/t11-,12+,13-/m0/s1. The van der Waals surface area contributed by atoms with Crippen LogP contribution in [0, 0.1) is 10.1 Å². The van der Waals surface area contributed by atoms with Crippen LogP contribution in [-0.2, 0) is 19.1 Å². The largest absolute Gasteiger partial charge is 0.449 e. The molecule has 1 amide bonds. The van der Waals surface area contributed by atoms with Crippen molar-refractivity contribution < 1.29 is 24.0 Å². The minimum Gasteiger partial charge on any atom is -0.449 e. The molecule has 8 nitrogen and oxygen atoms in total. The lowest BCUT2D eigenvalue weighted by molar-refractivity contribution is -0.384. The Morgan fingerprint density at radius 3 is 2.59 bits per heavy atom. The molecule has 1 aromatic carbocycles. The fourth-order valence-corrected chi connectivity index (χ4v) is 3.00.